The summed E-state index contributed by atoms with van der Waals surface area (Å²) >= 11 is 0. The minimum atomic E-state index is -1.66. The average molecular weight is 538 g/mol. The van der Waals surface area contributed by atoms with E-state index >= 15 is 0 Å². The van der Waals surface area contributed by atoms with Gasteiger partial charge in [0.1, 0.15) is 17.8 Å². The minimum Gasteiger partial charge on any atom is -0.443 e. The number of alkyl halides is 1. The number of nitrogens with one attached hydrogen (secondary N) is 2. The number of hydrogen-bond donors (Lipinski definition) is 4. The fraction of sp³-hybridized carbons (Fsp3) is 0.444. The zero-order chi connectivity index (χ0) is 28.4. The highest BCUT2D eigenvalue weighted by atomic mass is 19.1. The molecule has 0 aromatic carbocycles. The number of rotatable bonds is 8. The largest absolute Gasteiger partial charge is 0.443 e. The summed E-state index contributed by atoms with van der Waals surface area (Å²) in [5.74, 6) is -0.544. The number of anilines is 1. The van der Waals surface area contributed by atoms with Crippen LogP contribution in [0.2, 0.25) is 0 Å². The SMILES string of the molecule is CC1(OC(N)=O)CCC(Nc2cc(-c3ccc4cc(C#N)cnn34)ncc2C(=O)NC[C@@H](F)C(C)(C)O)CC1. The molecule has 11 nitrogen and oxygen atoms in total. The molecule has 0 aliphatic heterocycles. The quantitative estimate of drug-likeness (QED) is 0.339. The number of ether oxygens (including phenoxy) is 1. The molecule has 0 bridgehead atoms. The zero-order valence-electron chi connectivity index (χ0n) is 22.1. The van der Waals surface area contributed by atoms with Crippen LogP contribution in [0.5, 0.6) is 0 Å². The van der Waals surface area contributed by atoms with Gasteiger partial charge in [-0.1, -0.05) is 0 Å². The van der Waals surface area contributed by atoms with E-state index in [-0.39, 0.29) is 18.2 Å². The van der Waals surface area contributed by atoms with Gasteiger partial charge in [0, 0.05) is 12.2 Å². The van der Waals surface area contributed by atoms with Gasteiger partial charge in [0.15, 0.2) is 0 Å². The van der Waals surface area contributed by atoms with Crippen LogP contribution in [0.1, 0.15) is 62.4 Å². The fourth-order valence-electron chi connectivity index (χ4n) is 4.61. The van der Waals surface area contributed by atoms with Crippen LogP contribution in [0.15, 0.2) is 36.7 Å². The lowest BCUT2D eigenvalue weighted by Gasteiger charge is -2.37. The number of carbonyl (C=O) groups excluding carboxylic acids is 2. The number of primary amides is 1. The molecule has 39 heavy (non-hydrogen) atoms. The van der Waals surface area contributed by atoms with E-state index in [1.165, 1.54) is 26.2 Å². The molecule has 206 valence electrons. The van der Waals surface area contributed by atoms with Crippen LogP contribution in [0, 0.1) is 11.3 Å². The van der Waals surface area contributed by atoms with Gasteiger partial charge in [0.25, 0.3) is 5.91 Å². The predicted molar refractivity (Wildman–Crippen MR) is 142 cm³/mol. The number of aliphatic hydroxyl groups is 1. The molecule has 1 saturated carbocycles. The standard InChI is InChI=1S/C27H32FN7O4/c1-26(2,38)23(28)15-32-24(36)19-14-31-21(22-5-4-18-10-16(12-29)13-33-35(18)22)11-20(19)34-17-6-8-27(3,9-7-17)39-25(30)37/h4-5,10-11,13-14,17,23,38H,6-9,15H2,1-3H3,(H2,30,37)(H,31,34)(H,32,36)/t17?,23-,27?/m1/s1. The van der Waals surface area contributed by atoms with Crippen molar-refractivity contribution in [2.75, 3.05) is 11.9 Å². The maximum atomic E-state index is 14.3. The minimum absolute atomic E-state index is 0.0398. The first-order valence-corrected chi connectivity index (χ1v) is 12.7. The van der Waals surface area contributed by atoms with E-state index in [4.69, 9.17) is 15.7 Å². The van der Waals surface area contributed by atoms with Crippen LogP contribution in [-0.4, -0.2) is 61.7 Å². The number of pyridine rings is 1. The Labute approximate surface area is 225 Å². The van der Waals surface area contributed by atoms with Crippen molar-refractivity contribution in [3.63, 3.8) is 0 Å². The Hall–Kier alpha value is -4.24. The first kappa shape index (κ1) is 27.8. The molecule has 0 unspecified atom stereocenters. The number of nitriles is 1. The second-order valence-electron chi connectivity index (χ2n) is 10.6. The number of aromatic nitrogens is 3. The van der Waals surface area contributed by atoms with Gasteiger partial charge >= 0.3 is 6.09 Å². The molecule has 3 aromatic rings. The van der Waals surface area contributed by atoms with Gasteiger partial charge in [-0.3, -0.25) is 9.78 Å². The van der Waals surface area contributed by atoms with Crippen molar-refractivity contribution < 1.29 is 23.8 Å². The van der Waals surface area contributed by atoms with Gasteiger partial charge in [0.05, 0.1) is 52.1 Å². The molecule has 1 atom stereocenters. The lowest BCUT2D eigenvalue weighted by Crippen LogP contribution is -2.42. The summed E-state index contributed by atoms with van der Waals surface area (Å²) in [5.41, 5.74) is 5.99. The Morgan fingerprint density at radius 3 is 2.69 bits per heavy atom. The third-order valence-corrected chi connectivity index (χ3v) is 7.00. The molecule has 4 rings (SSSR count). The summed E-state index contributed by atoms with van der Waals surface area (Å²) in [5, 5.41) is 29.4. The molecule has 3 heterocycles. The van der Waals surface area contributed by atoms with E-state index < -0.39 is 29.4 Å². The number of halogens is 1. The highest BCUT2D eigenvalue weighted by Crippen LogP contribution is 2.34. The number of fused-ring (bicyclic) bond motifs is 1. The molecule has 3 aromatic heterocycles. The average Bonchev–Trinajstić information content (AvgIpc) is 3.30. The van der Waals surface area contributed by atoms with Gasteiger partial charge in [0.2, 0.25) is 0 Å². The molecular weight excluding hydrogens is 505 g/mol. The Bertz CT molecular complexity index is 1420. The highest BCUT2D eigenvalue weighted by Gasteiger charge is 2.34. The number of hydrogen-bond acceptors (Lipinski definition) is 8. The van der Waals surface area contributed by atoms with E-state index in [9.17, 15) is 19.1 Å². The lowest BCUT2D eigenvalue weighted by atomic mass is 9.83. The Morgan fingerprint density at radius 2 is 2.05 bits per heavy atom. The molecule has 1 fully saturated rings. The molecule has 1 aliphatic carbocycles. The predicted octanol–water partition coefficient (Wildman–Crippen LogP) is 3.32. The fourth-order valence-corrected chi connectivity index (χ4v) is 4.61. The van der Waals surface area contributed by atoms with Crippen LogP contribution in [0.4, 0.5) is 14.9 Å². The molecular formula is C27H32FN7O4. The summed E-state index contributed by atoms with van der Waals surface area (Å²) in [6.45, 7) is 4.14. The number of nitrogens with zero attached hydrogens (tertiary/aromatic N) is 4. The van der Waals surface area contributed by atoms with Crippen LogP contribution in [-0.2, 0) is 4.74 Å². The first-order chi connectivity index (χ1) is 18.4. The van der Waals surface area contributed by atoms with Gasteiger partial charge in [-0.15, -0.1) is 0 Å². The van der Waals surface area contributed by atoms with E-state index in [2.05, 4.69) is 26.8 Å². The van der Waals surface area contributed by atoms with Crippen molar-refractivity contribution in [1.29, 1.82) is 5.26 Å². The molecule has 2 amide bonds. The summed E-state index contributed by atoms with van der Waals surface area (Å²) in [6, 6.07) is 9.10. The van der Waals surface area contributed by atoms with Crippen molar-refractivity contribution in [3.8, 4) is 17.5 Å². The third kappa shape index (κ3) is 6.43. The number of nitrogens with two attached hydrogens (primary N) is 1. The number of amides is 2. The Balaban J connectivity index is 1.62. The normalized spacial score (nSPS) is 20.2. The van der Waals surface area contributed by atoms with Gasteiger partial charge < -0.3 is 26.2 Å². The van der Waals surface area contributed by atoms with E-state index in [0.717, 1.165) is 0 Å². The van der Waals surface area contributed by atoms with Crippen LogP contribution in [0.3, 0.4) is 0 Å². The first-order valence-electron chi connectivity index (χ1n) is 12.7. The van der Waals surface area contributed by atoms with Gasteiger partial charge in [-0.25, -0.2) is 13.7 Å². The van der Waals surface area contributed by atoms with Crippen LogP contribution < -0.4 is 16.4 Å². The van der Waals surface area contributed by atoms with Crippen molar-refractivity contribution in [2.45, 2.75) is 69.9 Å². The van der Waals surface area contributed by atoms with E-state index in [1.807, 2.05) is 19.1 Å². The van der Waals surface area contributed by atoms with Crippen molar-refractivity contribution in [1.82, 2.24) is 19.9 Å². The smallest absolute Gasteiger partial charge is 0.405 e. The third-order valence-electron chi connectivity index (χ3n) is 7.00. The van der Waals surface area contributed by atoms with Gasteiger partial charge in [-0.2, -0.15) is 10.4 Å². The second-order valence-corrected chi connectivity index (χ2v) is 10.6. The second kappa shape index (κ2) is 10.9. The topological polar surface area (TPSA) is 168 Å². The van der Waals surface area contributed by atoms with Gasteiger partial charge in [-0.05, 0) is 70.7 Å². The Kier molecular flexibility index (Phi) is 7.74. The molecule has 0 saturated heterocycles. The summed E-state index contributed by atoms with van der Waals surface area (Å²) in [4.78, 5) is 28.8. The monoisotopic (exact) mass is 537 g/mol. The molecule has 5 N–H and O–H groups in total. The van der Waals surface area contributed by atoms with Crippen LogP contribution in [0.25, 0.3) is 16.9 Å². The molecule has 12 heteroatoms. The van der Waals surface area contributed by atoms with E-state index in [0.29, 0.717) is 53.8 Å². The van der Waals surface area contributed by atoms with Crippen LogP contribution >= 0.6 is 0 Å². The number of carbonyl (C=O) groups is 2. The Morgan fingerprint density at radius 1 is 1.33 bits per heavy atom. The lowest BCUT2D eigenvalue weighted by molar-refractivity contribution is -0.00190. The van der Waals surface area contributed by atoms with E-state index in [1.54, 1.807) is 16.6 Å². The molecule has 0 radical (unpaired) electrons. The zero-order valence-corrected chi connectivity index (χ0v) is 22.1. The molecule has 1 aliphatic rings. The summed E-state index contributed by atoms with van der Waals surface area (Å²) in [6.07, 6.45) is 2.86. The maximum absolute atomic E-state index is 14.3. The van der Waals surface area contributed by atoms with Crippen molar-refractivity contribution >= 4 is 23.2 Å². The summed E-state index contributed by atoms with van der Waals surface area (Å²) in [7, 11) is 0. The maximum Gasteiger partial charge on any atom is 0.405 e. The molecule has 0 spiro atoms. The summed E-state index contributed by atoms with van der Waals surface area (Å²) < 4.78 is 21.3. The van der Waals surface area contributed by atoms with Crippen molar-refractivity contribution in [2.24, 2.45) is 5.73 Å². The van der Waals surface area contributed by atoms with Crippen molar-refractivity contribution in [3.05, 3.63) is 47.8 Å². The highest BCUT2D eigenvalue weighted by molar-refractivity contribution is 6.00.